The first-order chi connectivity index (χ1) is 37.5. The number of carbonyl (C=O) groups excluding carboxylic acids is 3. The maximum atomic E-state index is 12.8. The summed E-state index contributed by atoms with van der Waals surface area (Å²) < 4.78 is 16.8. The van der Waals surface area contributed by atoms with E-state index in [2.05, 4.69) is 167 Å². The fraction of sp³-hybridized carbons (Fsp3) is 0.614. The van der Waals surface area contributed by atoms with E-state index in [4.69, 9.17) is 14.2 Å². The summed E-state index contributed by atoms with van der Waals surface area (Å²) >= 11 is 0. The maximum absolute atomic E-state index is 12.8. The van der Waals surface area contributed by atoms with E-state index in [0.29, 0.717) is 12.8 Å². The SMILES string of the molecule is CC/C=C\C/C=C\C/C=C\C/C=C\C/C=C\C/C=C\C/C=C\C/C=C\C/C=C\CCCCCCCCCC(=O)OCC(COC(=O)CCCCCCCCCCCC)OC(=O)CCCCC/C=C\C/C=C\C/C=C\CC. The molecule has 1 atom stereocenters. The molecule has 0 bridgehead atoms. The van der Waals surface area contributed by atoms with Gasteiger partial charge in [-0.1, -0.05) is 263 Å². The fourth-order valence-corrected chi connectivity index (χ4v) is 8.04. The molecule has 0 heterocycles. The van der Waals surface area contributed by atoms with Crippen molar-refractivity contribution in [1.29, 1.82) is 0 Å². The molecule has 428 valence electrons. The Morgan fingerprint density at radius 1 is 0.276 bits per heavy atom. The molecule has 0 fully saturated rings. The van der Waals surface area contributed by atoms with Crippen LogP contribution in [0.15, 0.2) is 146 Å². The molecular weight excluding hydrogens is 937 g/mol. The van der Waals surface area contributed by atoms with Crippen LogP contribution < -0.4 is 0 Å². The molecule has 1 unspecified atom stereocenters. The van der Waals surface area contributed by atoms with Crippen molar-refractivity contribution >= 4 is 17.9 Å². The Balaban J connectivity index is 4.22. The van der Waals surface area contributed by atoms with Gasteiger partial charge in [0.1, 0.15) is 13.2 Å². The van der Waals surface area contributed by atoms with Crippen molar-refractivity contribution in [3.05, 3.63) is 146 Å². The molecule has 0 amide bonds. The molecule has 0 saturated carbocycles. The number of hydrogen-bond acceptors (Lipinski definition) is 6. The van der Waals surface area contributed by atoms with E-state index in [-0.39, 0.29) is 37.5 Å². The Kier molecular flexibility index (Phi) is 58.9. The van der Waals surface area contributed by atoms with Gasteiger partial charge in [-0.3, -0.25) is 14.4 Å². The zero-order chi connectivity index (χ0) is 55.0. The van der Waals surface area contributed by atoms with E-state index in [1.165, 1.54) is 70.6 Å². The van der Waals surface area contributed by atoms with Crippen LogP contribution in [0, 0.1) is 0 Å². The summed E-state index contributed by atoms with van der Waals surface area (Å²) in [5, 5.41) is 0. The number of rotatable bonds is 54. The van der Waals surface area contributed by atoms with Crippen molar-refractivity contribution in [3.63, 3.8) is 0 Å². The Morgan fingerprint density at radius 2 is 0.513 bits per heavy atom. The van der Waals surface area contributed by atoms with Crippen LogP contribution in [0.1, 0.15) is 258 Å². The second-order valence-corrected chi connectivity index (χ2v) is 19.9. The summed E-state index contributed by atoms with van der Waals surface area (Å²) in [4.78, 5) is 38.1. The number of esters is 3. The first-order valence-electron chi connectivity index (χ1n) is 30.8. The highest BCUT2D eigenvalue weighted by Crippen LogP contribution is 2.14. The summed E-state index contributed by atoms with van der Waals surface area (Å²) in [5.74, 6) is -0.943. The van der Waals surface area contributed by atoms with Crippen LogP contribution in [-0.4, -0.2) is 37.2 Å². The lowest BCUT2D eigenvalue weighted by atomic mass is 10.1. The molecule has 0 aliphatic carbocycles. The monoisotopic (exact) mass is 1050 g/mol. The minimum Gasteiger partial charge on any atom is -0.462 e. The highest BCUT2D eigenvalue weighted by Gasteiger charge is 2.19. The van der Waals surface area contributed by atoms with Crippen molar-refractivity contribution in [3.8, 4) is 0 Å². The van der Waals surface area contributed by atoms with E-state index in [0.717, 1.165) is 148 Å². The van der Waals surface area contributed by atoms with Gasteiger partial charge in [0.25, 0.3) is 0 Å². The first kappa shape index (κ1) is 71.3. The summed E-state index contributed by atoms with van der Waals surface area (Å²) in [6.07, 6.45) is 90.1. The summed E-state index contributed by atoms with van der Waals surface area (Å²) in [7, 11) is 0. The highest BCUT2D eigenvalue weighted by atomic mass is 16.6. The zero-order valence-corrected chi connectivity index (χ0v) is 49.0. The molecule has 0 rings (SSSR count). The summed E-state index contributed by atoms with van der Waals surface area (Å²) in [6, 6.07) is 0. The van der Waals surface area contributed by atoms with Crippen molar-refractivity contribution in [1.82, 2.24) is 0 Å². The zero-order valence-electron chi connectivity index (χ0n) is 49.0. The third-order valence-corrected chi connectivity index (χ3v) is 12.6. The van der Waals surface area contributed by atoms with E-state index < -0.39 is 6.10 Å². The molecule has 0 aromatic carbocycles. The number of unbranched alkanes of at least 4 members (excludes halogenated alkanes) is 19. The van der Waals surface area contributed by atoms with E-state index >= 15 is 0 Å². The number of hydrogen-bond donors (Lipinski definition) is 0. The van der Waals surface area contributed by atoms with Gasteiger partial charge in [-0.2, -0.15) is 0 Å². The molecule has 76 heavy (non-hydrogen) atoms. The van der Waals surface area contributed by atoms with Crippen LogP contribution in [-0.2, 0) is 28.6 Å². The van der Waals surface area contributed by atoms with Crippen LogP contribution >= 0.6 is 0 Å². The molecule has 0 radical (unpaired) electrons. The summed E-state index contributed by atoms with van der Waals surface area (Å²) in [6.45, 7) is 6.35. The van der Waals surface area contributed by atoms with Gasteiger partial charge >= 0.3 is 17.9 Å². The van der Waals surface area contributed by atoms with Gasteiger partial charge in [0.05, 0.1) is 0 Å². The second kappa shape index (κ2) is 62.8. The molecule has 0 saturated heterocycles. The predicted octanol–water partition coefficient (Wildman–Crippen LogP) is 21.2. The first-order valence-corrected chi connectivity index (χ1v) is 30.8. The van der Waals surface area contributed by atoms with Crippen molar-refractivity contribution in [2.24, 2.45) is 0 Å². The van der Waals surface area contributed by atoms with Gasteiger partial charge in [-0.25, -0.2) is 0 Å². The molecule has 0 aliphatic heterocycles. The third kappa shape index (κ3) is 60.2. The Bertz CT molecular complexity index is 1680. The predicted molar refractivity (Wildman–Crippen MR) is 329 cm³/mol. The molecule has 6 heteroatoms. The minimum absolute atomic E-state index is 0.0955. The van der Waals surface area contributed by atoms with Gasteiger partial charge in [-0.05, 0) is 122 Å². The third-order valence-electron chi connectivity index (χ3n) is 12.6. The highest BCUT2D eigenvalue weighted by molar-refractivity contribution is 5.71. The number of ether oxygens (including phenoxy) is 3. The van der Waals surface area contributed by atoms with Gasteiger partial charge in [0.2, 0.25) is 0 Å². The average Bonchev–Trinajstić information content (AvgIpc) is 3.42. The lowest BCUT2D eigenvalue weighted by Gasteiger charge is -2.18. The maximum Gasteiger partial charge on any atom is 0.306 e. The van der Waals surface area contributed by atoms with Gasteiger partial charge in [0, 0.05) is 19.3 Å². The van der Waals surface area contributed by atoms with E-state index in [9.17, 15) is 14.4 Å². The smallest absolute Gasteiger partial charge is 0.306 e. The van der Waals surface area contributed by atoms with E-state index in [1.54, 1.807) is 0 Å². The van der Waals surface area contributed by atoms with Gasteiger partial charge in [0.15, 0.2) is 6.10 Å². The fourth-order valence-electron chi connectivity index (χ4n) is 8.04. The summed E-state index contributed by atoms with van der Waals surface area (Å²) in [5.41, 5.74) is 0. The van der Waals surface area contributed by atoms with Crippen LogP contribution in [0.25, 0.3) is 0 Å². The Hall–Kier alpha value is -4.71. The molecular formula is C70H112O6. The standard InChI is InChI=1S/C70H112O6/c1-4-7-10-13-16-19-22-24-25-26-27-28-29-30-31-32-33-34-35-36-37-38-39-40-41-42-43-44-45-47-48-51-54-57-60-63-69(72)75-66-67(65-74-68(71)62-59-56-53-50-21-18-15-12-9-6-3)76-70(73)64-61-58-55-52-49-46-23-20-17-14-11-8-5-2/h7-8,10-11,16-17,19-20,24-25,27-28,30-31,33-34,36-37,39-40,42-43,46,49,67H,4-6,9,12-15,18,21-23,26,29,32,35,38,41,44-45,47-48,50-66H2,1-3H3/b10-7-,11-8-,19-16-,20-17-,25-24-,28-27-,31-30-,34-33-,37-36-,40-39-,43-42-,49-46-. The largest absolute Gasteiger partial charge is 0.462 e. The normalized spacial score (nSPS) is 13.1. The molecule has 0 aromatic rings. The Labute approximate surface area is 467 Å². The molecule has 0 aromatic heterocycles. The lowest BCUT2D eigenvalue weighted by Crippen LogP contribution is -2.30. The molecule has 0 N–H and O–H groups in total. The molecule has 0 aliphatic rings. The van der Waals surface area contributed by atoms with Gasteiger partial charge < -0.3 is 14.2 Å². The minimum atomic E-state index is -0.800. The Morgan fingerprint density at radius 3 is 0.816 bits per heavy atom. The number of carbonyl (C=O) groups is 3. The topological polar surface area (TPSA) is 78.9 Å². The molecule has 6 nitrogen and oxygen atoms in total. The van der Waals surface area contributed by atoms with Crippen LogP contribution in [0.3, 0.4) is 0 Å². The van der Waals surface area contributed by atoms with Crippen LogP contribution in [0.4, 0.5) is 0 Å². The van der Waals surface area contributed by atoms with Crippen molar-refractivity contribution < 1.29 is 28.6 Å². The number of allylic oxidation sites excluding steroid dienone is 24. The van der Waals surface area contributed by atoms with Crippen molar-refractivity contribution in [2.75, 3.05) is 13.2 Å². The van der Waals surface area contributed by atoms with Crippen LogP contribution in [0.5, 0.6) is 0 Å². The second-order valence-electron chi connectivity index (χ2n) is 19.9. The van der Waals surface area contributed by atoms with Gasteiger partial charge in [-0.15, -0.1) is 0 Å². The molecule has 0 spiro atoms. The quantitative estimate of drug-likeness (QED) is 0.0261. The van der Waals surface area contributed by atoms with E-state index in [1.807, 2.05) is 0 Å². The lowest BCUT2D eigenvalue weighted by molar-refractivity contribution is -0.167. The van der Waals surface area contributed by atoms with Crippen molar-refractivity contribution in [2.45, 2.75) is 264 Å². The average molecular weight is 1050 g/mol. The van der Waals surface area contributed by atoms with Crippen LogP contribution in [0.2, 0.25) is 0 Å².